The summed E-state index contributed by atoms with van der Waals surface area (Å²) in [5, 5.41) is 10.0. The highest BCUT2D eigenvalue weighted by atomic mass is 16.5. The van der Waals surface area contributed by atoms with Gasteiger partial charge >= 0.3 is 5.97 Å². The molecule has 0 saturated carbocycles. The molecule has 2 rings (SSSR count). The van der Waals surface area contributed by atoms with Crippen LogP contribution in [0.1, 0.15) is 17.2 Å². The van der Waals surface area contributed by atoms with Crippen LogP contribution in [-0.4, -0.2) is 25.3 Å². The van der Waals surface area contributed by atoms with E-state index in [0.717, 1.165) is 11.1 Å². The Kier molecular flexibility index (Phi) is 2.83. The number of rotatable bonds is 2. The first-order valence-corrected chi connectivity index (χ1v) is 5.10. The predicted octanol–water partition coefficient (Wildman–Crippen LogP) is 1.07. The molecule has 0 fully saturated rings. The summed E-state index contributed by atoms with van der Waals surface area (Å²) in [6.07, 6.45) is -0.328. The van der Waals surface area contributed by atoms with Crippen LogP contribution in [-0.2, 0) is 16.0 Å². The molecule has 0 saturated heterocycles. The van der Waals surface area contributed by atoms with Gasteiger partial charge in [-0.05, 0) is 18.1 Å². The first kappa shape index (κ1) is 11.0. The number of hydrogen-bond donors (Lipinski definition) is 1. The van der Waals surface area contributed by atoms with Gasteiger partial charge in [-0.1, -0.05) is 12.1 Å². The van der Waals surface area contributed by atoms with E-state index in [1.165, 1.54) is 7.11 Å². The maximum atomic E-state index is 11.5. The third-order valence-electron chi connectivity index (χ3n) is 3.02. The number of aliphatic hydroxyl groups is 1. The first-order chi connectivity index (χ1) is 7.69. The third kappa shape index (κ3) is 1.55. The van der Waals surface area contributed by atoms with Crippen molar-refractivity contribution in [1.29, 1.82) is 0 Å². The molecule has 1 aliphatic rings. The molecule has 2 unspecified atom stereocenters. The number of methoxy groups -OCH3 is 2. The van der Waals surface area contributed by atoms with Crippen molar-refractivity contribution in [2.75, 3.05) is 14.2 Å². The van der Waals surface area contributed by atoms with Crippen LogP contribution in [0.5, 0.6) is 5.75 Å². The SMILES string of the molecule is COC(=O)C1Cc2c(OC)cccc2C1O. The van der Waals surface area contributed by atoms with Gasteiger partial charge in [0, 0.05) is 5.56 Å². The number of benzene rings is 1. The Labute approximate surface area is 93.8 Å². The molecule has 1 aromatic carbocycles. The van der Waals surface area contributed by atoms with Crippen molar-refractivity contribution in [2.24, 2.45) is 5.92 Å². The van der Waals surface area contributed by atoms with Gasteiger partial charge in [-0.25, -0.2) is 0 Å². The minimum Gasteiger partial charge on any atom is -0.496 e. The standard InChI is InChI=1S/C12H14O4/c1-15-10-5-3-4-7-8(10)6-9(11(7)13)12(14)16-2/h3-5,9,11,13H,6H2,1-2H3. The van der Waals surface area contributed by atoms with Crippen molar-refractivity contribution < 1.29 is 19.4 Å². The molecule has 0 amide bonds. The van der Waals surface area contributed by atoms with Crippen LogP contribution in [0, 0.1) is 5.92 Å². The lowest BCUT2D eigenvalue weighted by Gasteiger charge is -2.11. The van der Waals surface area contributed by atoms with Gasteiger partial charge in [0.2, 0.25) is 0 Å². The fourth-order valence-corrected chi connectivity index (χ4v) is 2.18. The summed E-state index contributed by atoms with van der Waals surface area (Å²) in [6, 6.07) is 5.44. The lowest BCUT2D eigenvalue weighted by atomic mass is 10.0. The summed E-state index contributed by atoms with van der Waals surface area (Å²) in [5.41, 5.74) is 1.66. The Morgan fingerprint density at radius 3 is 2.81 bits per heavy atom. The zero-order valence-electron chi connectivity index (χ0n) is 9.27. The van der Waals surface area contributed by atoms with E-state index >= 15 is 0 Å². The van der Waals surface area contributed by atoms with E-state index in [2.05, 4.69) is 4.74 Å². The van der Waals surface area contributed by atoms with Gasteiger partial charge < -0.3 is 14.6 Å². The second kappa shape index (κ2) is 4.14. The molecule has 2 atom stereocenters. The van der Waals surface area contributed by atoms with Gasteiger partial charge in [0.15, 0.2) is 0 Å². The van der Waals surface area contributed by atoms with Crippen molar-refractivity contribution >= 4 is 5.97 Å². The highest BCUT2D eigenvalue weighted by molar-refractivity contribution is 5.75. The van der Waals surface area contributed by atoms with Crippen LogP contribution in [0.25, 0.3) is 0 Å². The quantitative estimate of drug-likeness (QED) is 0.760. The second-order valence-corrected chi connectivity index (χ2v) is 3.81. The Bertz CT molecular complexity index is 413. The highest BCUT2D eigenvalue weighted by Gasteiger charge is 2.38. The number of hydrogen-bond acceptors (Lipinski definition) is 4. The number of esters is 1. The minimum absolute atomic E-state index is 0.384. The smallest absolute Gasteiger partial charge is 0.311 e. The largest absolute Gasteiger partial charge is 0.496 e. The van der Waals surface area contributed by atoms with Crippen LogP contribution in [0.3, 0.4) is 0 Å². The summed E-state index contributed by atoms with van der Waals surface area (Å²) < 4.78 is 9.87. The molecule has 1 aliphatic carbocycles. The number of fused-ring (bicyclic) bond motifs is 1. The third-order valence-corrected chi connectivity index (χ3v) is 3.02. The molecule has 4 heteroatoms. The first-order valence-electron chi connectivity index (χ1n) is 5.10. The number of aliphatic hydroxyl groups excluding tert-OH is 1. The van der Waals surface area contributed by atoms with E-state index in [1.807, 2.05) is 12.1 Å². The van der Waals surface area contributed by atoms with Crippen molar-refractivity contribution in [3.63, 3.8) is 0 Å². The van der Waals surface area contributed by atoms with E-state index in [4.69, 9.17) is 4.74 Å². The van der Waals surface area contributed by atoms with E-state index in [9.17, 15) is 9.90 Å². The molecule has 0 heterocycles. The van der Waals surface area contributed by atoms with Gasteiger partial charge in [-0.2, -0.15) is 0 Å². The van der Waals surface area contributed by atoms with Gasteiger partial charge in [-0.3, -0.25) is 4.79 Å². The summed E-state index contributed by atoms with van der Waals surface area (Å²) in [5.74, 6) is -0.190. The molecule has 0 radical (unpaired) electrons. The van der Waals surface area contributed by atoms with E-state index in [-0.39, 0.29) is 5.97 Å². The Morgan fingerprint density at radius 2 is 2.19 bits per heavy atom. The molecule has 0 spiro atoms. The maximum absolute atomic E-state index is 11.5. The van der Waals surface area contributed by atoms with Crippen molar-refractivity contribution in [3.8, 4) is 5.75 Å². The van der Waals surface area contributed by atoms with Gasteiger partial charge in [0.05, 0.1) is 26.2 Å². The zero-order valence-corrected chi connectivity index (χ0v) is 9.27. The molecule has 86 valence electrons. The van der Waals surface area contributed by atoms with Crippen LogP contribution in [0.4, 0.5) is 0 Å². The number of carbonyl (C=O) groups is 1. The Balaban J connectivity index is 2.37. The average molecular weight is 222 g/mol. The second-order valence-electron chi connectivity index (χ2n) is 3.81. The molecular formula is C12H14O4. The van der Waals surface area contributed by atoms with Crippen molar-refractivity contribution in [1.82, 2.24) is 0 Å². The molecule has 1 aromatic rings. The molecule has 0 aromatic heterocycles. The van der Waals surface area contributed by atoms with Crippen LogP contribution in [0.15, 0.2) is 18.2 Å². The Morgan fingerprint density at radius 1 is 1.44 bits per heavy atom. The fraction of sp³-hybridized carbons (Fsp3) is 0.417. The van der Waals surface area contributed by atoms with Gasteiger partial charge in [0.25, 0.3) is 0 Å². The number of ether oxygens (including phenoxy) is 2. The topological polar surface area (TPSA) is 55.8 Å². The average Bonchev–Trinajstić information content (AvgIpc) is 2.66. The Hall–Kier alpha value is -1.55. The molecule has 0 bridgehead atoms. The van der Waals surface area contributed by atoms with E-state index in [1.54, 1.807) is 13.2 Å². The van der Waals surface area contributed by atoms with Crippen molar-refractivity contribution in [3.05, 3.63) is 29.3 Å². The summed E-state index contributed by atoms with van der Waals surface area (Å²) >= 11 is 0. The van der Waals surface area contributed by atoms with Gasteiger partial charge in [-0.15, -0.1) is 0 Å². The summed E-state index contributed by atoms with van der Waals surface area (Å²) in [4.78, 5) is 11.5. The van der Waals surface area contributed by atoms with E-state index in [0.29, 0.717) is 12.2 Å². The lowest BCUT2D eigenvalue weighted by molar-refractivity contribution is -0.148. The number of carbonyl (C=O) groups excluding carboxylic acids is 1. The molecule has 4 nitrogen and oxygen atoms in total. The molecule has 16 heavy (non-hydrogen) atoms. The summed E-state index contributed by atoms with van der Waals surface area (Å²) in [6.45, 7) is 0. The fourth-order valence-electron chi connectivity index (χ4n) is 2.18. The normalized spacial score (nSPS) is 22.7. The van der Waals surface area contributed by atoms with Crippen LogP contribution < -0.4 is 4.74 Å². The molecule has 0 aliphatic heterocycles. The predicted molar refractivity (Wildman–Crippen MR) is 57.2 cm³/mol. The van der Waals surface area contributed by atoms with E-state index < -0.39 is 12.0 Å². The van der Waals surface area contributed by atoms with Crippen LogP contribution in [0.2, 0.25) is 0 Å². The maximum Gasteiger partial charge on any atom is 0.311 e. The highest BCUT2D eigenvalue weighted by Crippen LogP contribution is 2.40. The summed E-state index contributed by atoms with van der Waals surface area (Å²) in [7, 11) is 2.91. The van der Waals surface area contributed by atoms with Gasteiger partial charge in [0.1, 0.15) is 5.75 Å². The van der Waals surface area contributed by atoms with Crippen LogP contribution >= 0.6 is 0 Å². The molecular weight excluding hydrogens is 208 g/mol. The zero-order chi connectivity index (χ0) is 11.7. The molecule has 1 N–H and O–H groups in total. The monoisotopic (exact) mass is 222 g/mol. The lowest BCUT2D eigenvalue weighted by Crippen LogP contribution is -2.20. The van der Waals surface area contributed by atoms with Crippen molar-refractivity contribution in [2.45, 2.75) is 12.5 Å². The minimum atomic E-state index is -0.794.